The molecule has 1 atom stereocenters. The number of hydrogen-bond acceptors (Lipinski definition) is 3. The van der Waals surface area contributed by atoms with Crippen LogP contribution in [-0.4, -0.2) is 49.9 Å². The highest BCUT2D eigenvalue weighted by atomic mass is 79.9. The summed E-state index contributed by atoms with van der Waals surface area (Å²) >= 11 is 3.44. The number of hydrogen-bond donors (Lipinski definition) is 1. The van der Waals surface area contributed by atoms with Gasteiger partial charge in [0.1, 0.15) is 0 Å². The minimum absolute atomic E-state index is 0.0384. The first-order valence-corrected chi connectivity index (χ1v) is 9.37. The molecule has 0 radical (unpaired) electrons. The first-order chi connectivity index (χ1) is 11.6. The molecule has 2 aliphatic rings. The van der Waals surface area contributed by atoms with Crippen LogP contribution in [0.3, 0.4) is 0 Å². The molecule has 0 spiro atoms. The standard InChI is InChI=1S/C18H24BrN3O2/c1-20-11-13-5-7-21(8-6-13)18(24)14-9-17(23)22(12-14)16-4-2-3-15(19)10-16/h2-4,10,13-14,20H,5-9,11-12H2,1H3. The number of nitrogens with zero attached hydrogens (tertiary/aromatic N) is 2. The number of piperidine rings is 1. The fourth-order valence-corrected chi connectivity index (χ4v) is 4.06. The van der Waals surface area contributed by atoms with Crippen LogP contribution in [0.15, 0.2) is 28.7 Å². The van der Waals surface area contributed by atoms with E-state index in [1.807, 2.05) is 36.2 Å². The molecule has 2 heterocycles. The van der Waals surface area contributed by atoms with Crippen molar-refractivity contribution in [1.29, 1.82) is 0 Å². The smallest absolute Gasteiger partial charge is 0.228 e. The van der Waals surface area contributed by atoms with Crippen molar-refractivity contribution in [2.75, 3.05) is 38.1 Å². The molecule has 1 unspecified atom stereocenters. The molecular formula is C18H24BrN3O2. The Morgan fingerprint density at radius 3 is 2.75 bits per heavy atom. The Morgan fingerprint density at radius 1 is 1.33 bits per heavy atom. The van der Waals surface area contributed by atoms with Gasteiger partial charge in [-0.2, -0.15) is 0 Å². The second-order valence-electron chi connectivity index (χ2n) is 6.71. The van der Waals surface area contributed by atoms with Crippen LogP contribution < -0.4 is 10.2 Å². The lowest BCUT2D eigenvalue weighted by atomic mass is 9.95. The predicted octanol–water partition coefficient (Wildman–Crippen LogP) is 2.26. The van der Waals surface area contributed by atoms with Crippen molar-refractivity contribution in [2.24, 2.45) is 11.8 Å². The van der Waals surface area contributed by atoms with Crippen LogP contribution in [-0.2, 0) is 9.59 Å². The lowest BCUT2D eigenvalue weighted by molar-refractivity contribution is -0.137. The number of benzene rings is 1. The molecule has 24 heavy (non-hydrogen) atoms. The summed E-state index contributed by atoms with van der Waals surface area (Å²) in [6.07, 6.45) is 2.41. The zero-order valence-electron chi connectivity index (χ0n) is 14.0. The molecule has 2 aliphatic heterocycles. The summed E-state index contributed by atoms with van der Waals surface area (Å²) in [6.45, 7) is 3.13. The lowest BCUT2D eigenvalue weighted by Crippen LogP contribution is -2.43. The van der Waals surface area contributed by atoms with Crippen molar-refractivity contribution in [3.05, 3.63) is 28.7 Å². The Labute approximate surface area is 151 Å². The van der Waals surface area contributed by atoms with E-state index < -0.39 is 0 Å². The highest BCUT2D eigenvalue weighted by Crippen LogP contribution is 2.29. The molecule has 0 bridgehead atoms. The summed E-state index contributed by atoms with van der Waals surface area (Å²) in [6, 6.07) is 7.68. The molecule has 0 aromatic heterocycles. The van der Waals surface area contributed by atoms with E-state index in [-0.39, 0.29) is 17.7 Å². The summed E-state index contributed by atoms with van der Waals surface area (Å²) in [5.41, 5.74) is 0.859. The van der Waals surface area contributed by atoms with Gasteiger partial charge in [0.15, 0.2) is 0 Å². The second-order valence-corrected chi connectivity index (χ2v) is 7.63. The molecule has 2 saturated heterocycles. The van der Waals surface area contributed by atoms with E-state index in [1.165, 1.54) is 0 Å². The van der Waals surface area contributed by atoms with E-state index in [2.05, 4.69) is 21.2 Å². The minimum atomic E-state index is -0.211. The third kappa shape index (κ3) is 3.81. The number of rotatable bonds is 4. The van der Waals surface area contributed by atoms with Crippen molar-refractivity contribution < 1.29 is 9.59 Å². The van der Waals surface area contributed by atoms with Crippen molar-refractivity contribution in [2.45, 2.75) is 19.3 Å². The second kappa shape index (κ2) is 7.66. The van der Waals surface area contributed by atoms with Gasteiger partial charge in [0.25, 0.3) is 0 Å². The van der Waals surface area contributed by atoms with E-state index in [1.54, 1.807) is 4.90 Å². The maximum absolute atomic E-state index is 12.8. The normalized spacial score (nSPS) is 22.2. The van der Waals surface area contributed by atoms with Crippen LogP contribution >= 0.6 is 15.9 Å². The topological polar surface area (TPSA) is 52.7 Å². The first kappa shape index (κ1) is 17.4. The van der Waals surface area contributed by atoms with Gasteiger partial charge in [-0.1, -0.05) is 22.0 Å². The highest BCUT2D eigenvalue weighted by molar-refractivity contribution is 9.10. The molecule has 0 aliphatic carbocycles. The summed E-state index contributed by atoms with van der Waals surface area (Å²) < 4.78 is 0.939. The Kier molecular flexibility index (Phi) is 5.56. The van der Waals surface area contributed by atoms with Crippen LogP contribution in [0.4, 0.5) is 5.69 Å². The van der Waals surface area contributed by atoms with Gasteiger partial charge in [-0.15, -0.1) is 0 Å². The average molecular weight is 394 g/mol. The largest absolute Gasteiger partial charge is 0.342 e. The molecule has 5 nitrogen and oxygen atoms in total. The average Bonchev–Trinajstić information content (AvgIpc) is 2.97. The van der Waals surface area contributed by atoms with E-state index in [4.69, 9.17) is 0 Å². The Morgan fingerprint density at radius 2 is 2.08 bits per heavy atom. The van der Waals surface area contributed by atoms with Crippen LogP contribution in [0.1, 0.15) is 19.3 Å². The van der Waals surface area contributed by atoms with Crippen molar-refractivity contribution in [3.8, 4) is 0 Å². The third-order valence-corrected chi connectivity index (χ3v) is 5.51. The number of carbonyl (C=O) groups is 2. The minimum Gasteiger partial charge on any atom is -0.342 e. The van der Waals surface area contributed by atoms with E-state index in [0.717, 1.165) is 42.6 Å². The Hall–Kier alpha value is -1.40. The lowest BCUT2D eigenvalue weighted by Gasteiger charge is -2.33. The van der Waals surface area contributed by atoms with Gasteiger partial charge in [0.05, 0.1) is 5.92 Å². The SMILES string of the molecule is CNCC1CCN(C(=O)C2CC(=O)N(c3cccc(Br)c3)C2)CC1. The third-order valence-electron chi connectivity index (χ3n) is 5.01. The zero-order chi connectivity index (χ0) is 17.1. The zero-order valence-corrected chi connectivity index (χ0v) is 15.6. The summed E-state index contributed by atoms with van der Waals surface area (Å²) in [4.78, 5) is 28.8. The maximum Gasteiger partial charge on any atom is 0.228 e. The molecule has 1 aromatic rings. The van der Waals surface area contributed by atoms with Crippen molar-refractivity contribution in [3.63, 3.8) is 0 Å². The highest BCUT2D eigenvalue weighted by Gasteiger charge is 2.38. The fraction of sp³-hybridized carbons (Fsp3) is 0.556. The molecule has 1 aromatic carbocycles. The van der Waals surface area contributed by atoms with Gasteiger partial charge in [-0.25, -0.2) is 0 Å². The number of amides is 2. The van der Waals surface area contributed by atoms with Crippen molar-refractivity contribution >= 4 is 33.4 Å². The van der Waals surface area contributed by atoms with E-state index in [9.17, 15) is 9.59 Å². The summed E-state index contributed by atoms with van der Waals surface area (Å²) in [5, 5.41) is 3.21. The van der Waals surface area contributed by atoms with Crippen LogP contribution in [0.5, 0.6) is 0 Å². The van der Waals surface area contributed by atoms with Gasteiger partial charge in [0.2, 0.25) is 11.8 Å². The van der Waals surface area contributed by atoms with Gasteiger partial charge in [-0.3, -0.25) is 9.59 Å². The number of nitrogens with one attached hydrogen (secondary N) is 1. The van der Waals surface area contributed by atoms with Gasteiger partial charge in [0, 0.05) is 36.2 Å². The monoisotopic (exact) mass is 393 g/mol. The van der Waals surface area contributed by atoms with Crippen LogP contribution in [0, 0.1) is 11.8 Å². The number of carbonyl (C=O) groups excluding carboxylic acids is 2. The van der Waals surface area contributed by atoms with Gasteiger partial charge >= 0.3 is 0 Å². The molecule has 2 amide bonds. The Bertz CT molecular complexity index is 614. The van der Waals surface area contributed by atoms with E-state index in [0.29, 0.717) is 18.9 Å². The molecule has 130 valence electrons. The quantitative estimate of drug-likeness (QED) is 0.853. The van der Waals surface area contributed by atoms with Crippen LogP contribution in [0.2, 0.25) is 0 Å². The van der Waals surface area contributed by atoms with E-state index >= 15 is 0 Å². The number of halogens is 1. The fourth-order valence-electron chi connectivity index (χ4n) is 3.67. The molecule has 2 fully saturated rings. The van der Waals surface area contributed by atoms with Crippen LogP contribution in [0.25, 0.3) is 0 Å². The summed E-state index contributed by atoms with van der Waals surface area (Å²) in [7, 11) is 1.97. The number of anilines is 1. The first-order valence-electron chi connectivity index (χ1n) is 8.58. The molecule has 3 rings (SSSR count). The van der Waals surface area contributed by atoms with Crippen molar-refractivity contribution in [1.82, 2.24) is 10.2 Å². The van der Waals surface area contributed by atoms with Gasteiger partial charge < -0.3 is 15.1 Å². The molecule has 0 saturated carbocycles. The predicted molar refractivity (Wildman–Crippen MR) is 97.8 cm³/mol. The maximum atomic E-state index is 12.8. The molecule has 1 N–H and O–H groups in total. The summed E-state index contributed by atoms with van der Waals surface area (Å²) in [5.74, 6) is 0.625. The Balaban J connectivity index is 1.60. The molecular weight excluding hydrogens is 370 g/mol. The molecule has 6 heteroatoms. The van der Waals surface area contributed by atoms with Gasteiger partial charge in [-0.05, 0) is 50.6 Å². The number of likely N-dealkylation sites (tertiary alicyclic amines) is 1.